The van der Waals surface area contributed by atoms with Crippen LogP contribution in [-0.4, -0.2) is 19.1 Å². The lowest BCUT2D eigenvalue weighted by Crippen LogP contribution is -2.27. The molecule has 2 aromatic rings. The molecule has 100 valence electrons. The minimum Gasteiger partial charge on any atom is -0.492 e. The van der Waals surface area contributed by atoms with Gasteiger partial charge in [0.2, 0.25) is 0 Å². The van der Waals surface area contributed by atoms with Gasteiger partial charge in [0.25, 0.3) is 5.91 Å². The van der Waals surface area contributed by atoms with Gasteiger partial charge in [-0.2, -0.15) is 0 Å². The van der Waals surface area contributed by atoms with Gasteiger partial charge in [-0.1, -0.05) is 6.07 Å². The molecule has 0 aliphatic rings. The lowest BCUT2D eigenvalue weighted by atomic mass is 10.3. The second-order valence-electron chi connectivity index (χ2n) is 3.66. The molecular weight excluding hydrogens is 272 g/mol. The van der Waals surface area contributed by atoms with Gasteiger partial charge in [-0.3, -0.25) is 4.79 Å². The van der Waals surface area contributed by atoms with E-state index in [0.717, 1.165) is 12.1 Å². The first kappa shape index (κ1) is 13.5. The monoisotopic (exact) mass is 283 g/mol. The number of halogens is 2. The van der Waals surface area contributed by atoms with E-state index < -0.39 is 11.6 Å². The largest absolute Gasteiger partial charge is 0.492 e. The average molecular weight is 283 g/mol. The minimum atomic E-state index is -0.958. The van der Waals surface area contributed by atoms with Crippen LogP contribution in [0, 0.1) is 11.6 Å². The van der Waals surface area contributed by atoms with Crippen LogP contribution in [-0.2, 0) is 0 Å². The molecule has 1 heterocycles. The smallest absolute Gasteiger partial charge is 0.261 e. The van der Waals surface area contributed by atoms with Crippen molar-refractivity contribution in [2.45, 2.75) is 0 Å². The summed E-state index contributed by atoms with van der Waals surface area (Å²) in [4.78, 5) is 12.2. The van der Waals surface area contributed by atoms with Crippen LogP contribution in [0.3, 0.4) is 0 Å². The molecule has 0 fully saturated rings. The number of ether oxygens (including phenoxy) is 1. The first-order chi connectivity index (χ1) is 9.16. The first-order valence-corrected chi connectivity index (χ1v) is 6.44. The zero-order valence-corrected chi connectivity index (χ0v) is 10.7. The second kappa shape index (κ2) is 6.29. The number of hydrogen-bond donors (Lipinski definition) is 1. The summed E-state index contributed by atoms with van der Waals surface area (Å²) >= 11 is 1.34. The van der Waals surface area contributed by atoms with Crippen molar-refractivity contribution in [3.05, 3.63) is 52.2 Å². The molecule has 0 atom stereocenters. The fourth-order valence-electron chi connectivity index (χ4n) is 1.39. The van der Waals surface area contributed by atoms with Crippen molar-refractivity contribution in [1.29, 1.82) is 0 Å². The first-order valence-electron chi connectivity index (χ1n) is 5.56. The third kappa shape index (κ3) is 3.75. The predicted molar refractivity (Wildman–Crippen MR) is 68.5 cm³/mol. The van der Waals surface area contributed by atoms with Gasteiger partial charge in [-0.15, -0.1) is 11.3 Å². The lowest BCUT2D eigenvalue weighted by molar-refractivity contribution is 0.0951. The molecule has 0 saturated heterocycles. The molecular formula is C13H11F2NO2S. The molecule has 3 nitrogen and oxygen atoms in total. The minimum absolute atomic E-state index is 0.177. The number of carbonyl (C=O) groups is 1. The van der Waals surface area contributed by atoms with Crippen molar-refractivity contribution < 1.29 is 18.3 Å². The van der Waals surface area contributed by atoms with Gasteiger partial charge < -0.3 is 10.1 Å². The maximum atomic E-state index is 12.9. The number of nitrogens with one attached hydrogen (secondary N) is 1. The van der Waals surface area contributed by atoms with E-state index in [1.807, 2.05) is 5.38 Å². The van der Waals surface area contributed by atoms with Crippen molar-refractivity contribution in [3.63, 3.8) is 0 Å². The van der Waals surface area contributed by atoms with Gasteiger partial charge >= 0.3 is 0 Å². The number of thiophene rings is 1. The molecule has 0 aliphatic heterocycles. The van der Waals surface area contributed by atoms with Crippen molar-refractivity contribution in [1.82, 2.24) is 5.32 Å². The fraction of sp³-hybridized carbons (Fsp3) is 0.154. The average Bonchev–Trinajstić information content (AvgIpc) is 2.92. The van der Waals surface area contributed by atoms with Crippen LogP contribution < -0.4 is 10.1 Å². The SMILES string of the molecule is O=C(NCCOc1ccc(F)c(F)c1)c1cccs1. The zero-order chi connectivity index (χ0) is 13.7. The summed E-state index contributed by atoms with van der Waals surface area (Å²) in [6.07, 6.45) is 0. The highest BCUT2D eigenvalue weighted by Gasteiger charge is 2.06. The Kier molecular flexibility index (Phi) is 4.46. The number of benzene rings is 1. The van der Waals surface area contributed by atoms with Gasteiger partial charge in [-0.25, -0.2) is 8.78 Å². The standard InChI is InChI=1S/C13H11F2NO2S/c14-10-4-3-9(8-11(10)15)18-6-5-16-13(17)12-2-1-7-19-12/h1-4,7-8H,5-6H2,(H,16,17). The van der Waals surface area contributed by atoms with E-state index in [2.05, 4.69) is 5.32 Å². The lowest BCUT2D eigenvalue weighted by Gasteiger charge is -2.07. The zero-order valence-electron chi connectivity index (χ0n) is 9.86. The van der Waals surface area contributed by atoms with Crippen LogP contribution in [0.1, 0.15) is 9.67 Å². The van der Waals surface area contributed by atoms with E-state index >= 15 is 0 Å². The number of rotatable bonds is 5. The maximum absolute atomic E-state index is 12.9. The molecule has 0 spiro atoms. The van der Waals surface area contributed by atoms with E-state index in [0.29, 0.717) is 4.88 Å². The van der Waals surface area contributed by atoms with Crippen LogP contribution in [0.25, 0.3) is 0 Å². The number of amides is 1. The summed E-state index contributed by atoms with van der Waals surface area (Å²) in [5.74, 6) is -1.83. The van der Waals surface area contributed by atoms with Crippen LogP contribution in [0.2, 0.25) is 0 Å². The Morgan fingerprint density at radius 2 is 2.11 bits per heavy atom. The Morgan fingerprint density at radius 1 is 1.26 bits per heavy atom. The molecule has 1 aromatic heterocycles. The highest BCUT2D eigenvalue weighted by atomic mass is 32.1. The Hall–Kier alpha value is -1.95. The highest BCUT2D eigenvalue weighted by molar-refractivity contribution is 7.12. The molecule has 0 unspecified atom stereocenters. The molecule has 2 rings (SSSR count). The Morgan fingerprint density at radius 3 is 2.79 bits per heavy atom. The molecule has 0 bridgehead atoms. The van der Waals surface area contributed by atoms with Crippen molar-refractivity contribution in [2.75, 3.05) is 13.2 Å². The molecule has 19 heavy (non-hydrogen) atoms. The molecule has 0 radical (unpaired) electrons. The van der Waals surface area contributed by atoms with Crippen LogP contribution in [0.15, 0.2) is 35.7 Å². The van der Waals surface area contributed by atoms with E-state index in [1.54, 1.807) is 12.1 Å². The molecule has 1 amide bonds. The summed E-state index contributed by atoms with van der Waals surface area (Å²) in [7, 11) is 0. The summed E-state index contributed by atoms with van der Waals surface area (Å²) in [5, 5.41) is 4.47. The molecule has 0 saturated carbocycles. The van der Waals surface area contributed by atoms with Gasteiger partial charge in [0.05, 0.1) is 11.4 Å². The molecule has 1 aromatic carbocycles. The quantitative estimate of drug-likeness (QED) is 0.857. The predicted octanol–water partition coefficient (Wildman–Crippen LogP) is 2.84. The normalized spacial score (nSPS) is 10.2. The second-order valence-corrected chi connectivity index (χ2v) is 4.61. The van der Waals surface area contributed by atoms with Crippen LogP contribution >= 0.6 is 11.3 Å². The van der Waals surface area contributed by atoms with E-state index in [9.17, 15) is 13.6 Å². The highest BCUT2D eigenvalue weighted by Crippen LogP contribution is 2.15. The van der Waals surface area contributed by atoms with E-state index in [1.165, 1.54) is 17.4 Å². The maximum Gasteiger partial charge on any atom is 0.261 e. The molecule has 1 N–H and O–H groups in total. The van der Waals surface area contributed by atoms with Crippen molar-refractivity contribution >= 4 is 17.2 Å². The van der Waals surface area contributed by atoms with Gasteiger partial charge in [0.1, 0.15) is 12.4 Å². The summed E-state index contributed by atoms with van der Waals surface area (Å²) in [5.41, 5.74) is 0. The summed E-state index contributed by atoms with van der Waals surface area (Å²) in [6.45, 7) is 0.470. The topological polar surface area (TPSA) is 38.3 Å². The van der Waals surface area contributed by atoms with Gasteiger partial charge in [-0.05, 0) is 23.6 Å². The van der Waals surface area contributed by atoms with E-state index in [4.69, 9.17) is 4.74 Å². The summed E-state index contributed by atoms with van der Waals surface area (Å²) < 4.78 is 30.7. The van der Waals surface area contributed by atoms with Crippen molar-refractivity contribution in [3.8, 4) is 5.75 Å². The van der Waals surface area contributed by atoms with Crippen LogP contribution in [0.4, 0.5) is 8.78 Å². The van der Waals surface area contributed by atoms with Crippen molar-refractivity contribution in [2.24, 2.45) is 0 Å². The van der Waals surface area contributed by atoms with E-state index in [-0.39, 0.29) is 24.8 Å². The third-order valence-electron chi connectivity index (χ3n) is 2.29. The Bertz CT molecular complexity index is 558. The number of carbonyl (C=O) groups excluding carboxylic acids is 1. The Balaban J connectivity index is 1.75. The molecule has 6 heteroatoms. The Labute approximate surface area is 112 Å². The van der Waals surface area contributed by atoms with Crippen LogP contribution in [0.5, 0.6) is 5.75 Å². The number of hydrogen-bond acceptors (Lipinski definition) is 3. The molecule has 0 aliphatic carbocycles. The van der Waals surface area contributed by atoms with Gasteiger partial charge in [0, 0.05) is 6.07 Å². The third-order valence-corrected chi connectivity index (χ3v) is 3.16. The fourth-order valence-corrected chi connectivity index (χ4v) is 2.04. The van der Waals surface area contributed by atoms with Gasteiger partial charge in [0.15, 0.2) is 11.6 Å². The summed E-state index contributed by atoms with van der Waals surface area (Å²) in [6, 6.07) is 6.80.